The molecule has 4 N–H and O–H groups in total. The highest BCUT2D eigenvalue weighted by atomic mass is 31.0. The van der Waals surface area contributed by atoms with Crippen molar-refractivity contribution >= 4 is 32.2 Å². The highest BCUT2D eigenvalue weighted by molar-refractivity contribution is 7.17. The Morgan fingerprint density at radius 3 is 3.13 bits per heavy atom. The first-order valence-corrected chi connectivity index (χ1v) is 5.36. The van der Waals surface area contributed by atoms with E-state index in [0.29, 0.717) is 11.5 Å². The summed E-state index contributed by atoms with van der Waals surface area (Å²) in [6.45, 7) is 2.08. The summed E-state index contributed by atoms with van der Waals surface area (Å²) >= 11 is 0. The number of nitrogens with two attached hydrogens (primary N) is 1. The lowest BCUT2D eigenvalue weighted by atomic mass is 10.4. The van der Waals surface area contributed by atoms with Crippen LogP contribution in [-0.4, -0.2) is 25.7 Å². The maximum absolute atomic E-state index is 5.58. The SMILES string of the molecule is CCC(P)Nc1nc(N)nc2nc[nH]c12. The van der Waals surface area contributed by atoms with E-state index in [1.807, 2.05) is 0 Å². The summed E-state index contributed by atoms with van der Waals surface area (Å²) in [7, 11) is 2.70. The van der Waals surface area contributed by atoms with Gasteiger partial charge in [-0.1, -0.05) is 6.92 Å². The molecule has 2 aromatic heterocycles. The predicted octanol–water partition coefficient (Wildman–Crippen LogP) is 0.958. The van der Waals surface area contributed by atoms with Crippen molar-refractivity contribution in [3.05, 3.63) is 6.33 Å². The fourth-order valence-electron chi connectivity index (χ4n) is 1.23. The summed E-state index contributed by atoms with van der Waals surface area (Å²) in [5, 5.41) is 3.22. The zero-order chi connectivity index (χ0) is 10.8. The Morgan fingerprint density at radius 2 is 2.40 bits per heavy atom. The Morgan fingerprint density at radius 1 is 1.60 bits per heavy atom. The quantitative estimate of drug-likeness (QED) is 0.675. The normalized spacial score (nSPS) is 12.9. The van der Waals surface area contributed by atoms with Crippen LogP contribution in [0.1, 0.15) is 13.3 Å². The number of H-pyrrole nitrogens is 1. The van der Waals surface area contributed by atoms with Crippen molar-refractivity contribution in [3.63, 3.8) is 0 Å². The minimum Gasteiger partial charge on any atom is -0.368 e. The summed E-state index contributed by atoms with van der Waals surface area (Å²) in [6.07, 6.45) is 2.55. The Bertz CT molecular complexity index is 467. The molecule has 0 amide bonds. The first-order chi connectivity index (χ1) is 7.20. The Hall–Kier alpha value is -1.42. The zero-order valence-electron chi connectivity index (χ0n) is 8.36. The monoisotopic (exact) mass is 224 g/mol. The number of fused-ring (bicyclic) bond motifs is 1. The number of nitrogens with one attached hydrogen (secondary N) is 2. The lowest BCUT2D eigenvalue weighted by Crippen LogP contribution is -2.12. The van der Waals surface area contributed by atoms with Crippen molar-refractivity contribution in [2.24, 2.45) is 0 Å². The molecule has 0 saturated carbocycles. The highest BCUT2D eigenvalue weighted by Gasteiger charge is 2.09. The Kier molecular flexibility index (Phi) is 2.68. The third-order valence-electron chi connectivity index (χ3n) is 2.06. The van der Waals surface area contributed by atoms with Gasteiger partial charge in [-0.3, -0.25) is 0 Å². The molecular weight excluding hydrogens is 211 g/mol. The van der Waals surface area contributed by atoms with Gasteiger partial charge < -0.3 is 16.0 Å². The topological polar surface area (TPSA) is 92.5 Å². The van der Waals surface area contributed by atoms with Gasteiger partial charge in [0.1, 0.15) is 5.52 Å². The van der Waals surface area contributed by atoms with Crippen LogP contribution >= 0.6 is 9.24 Å². The molecule has 2 aromatic rings. The minimum absolute atomic E-state index is 0.227. The standard InChI is InChI=1S/C8H13N6P/c1-2-4(15)12-7-5-6(11-3-10-5)13-8(9)14-7/h3-4H,2,15H2,1H3,(H4,9,10,11,12,13,14). The zero-order valence-corrected chi connectivity index (χ0v) is 9.51. The lowest BCUT2D eigenvalue weighted by molar-refractivity contribution is 0.912. The van der Waals surface area contributed by atoms with E-state index in [0.717, 1.165) is 11.9 Å². The molecule has 2 atom stereocenters. The smallest absolute Gasteiger partial charge is 0.224 e. The van der Waals surface area contributed by atoms with Gasteiger partial charge >= 0.3 is 0 Å². The number of hydrogen-bond acceptors (Lipinski definition) is 5. The first-order valence-electron chi connectivity index (χ1n) is 4.69. The molecule has 2 unspecified atom stereocenters. The van der Waals surface area contributed by atoms with E-state index < -0.39 is 0 Å². The molecule has 0 aliphatic carbocycles. The summed E-state index contributed by atoms with van der Waals surface area (Å²) < 4.78 is 0. The number of aromatic amines is 1. The van der Waals surface area contributed by atoms with Crippen LogP contribution in [0.5, 0.6) is 0 Å². The van der Waals surface area contributed by atoms with Gasteiger partial charge in [0.15, 0.2) is 11.5 Å². The van der Waals surface area contributed by atoms with Crippen LogP contribution in [0.3, 0.4) is 0 Å². The molecule has 0 aromatic carbocycles. The van der Waals surface area contributed by atoms with Gasteiger partial charge in [0.05, 0.1) is 6.33 Å². The van der Waals surface area contributed by atoms with E-state index in [9.17, 15) is 0 Å². The summed E-state index contributed by atoms with van der Waals surface area (Å²) in [6, 6.07) is 0. The van der Waals surface area contributed by atoms with Crippen LogP contribution < -0.4 is 11.1 Å². The van der Waals surface area contributed by atoms with E-state index in [2.05, 4.69) is 41.4 Å². The van der Waals surface area contributed by atoms with Gasteiger partial charge in [-0.15, -0.1) is 9.24 Å². The molecule has 15 heavy (non-hydrogen) atoms. The molecule has 2 heterocycles. The van der Waals surface area contributed by atoms with Crippen molar-refractivity contribution in [1.29, 1.82) is 0 Å². The molecule has 0 aliphatic rings. The fourth-order valence-corrected chi connectivity index (χ4v) is 1.39. The summed E-state index contributed by atoms with van der Waals surface area (Å²) in [5.74, 6) is 1.17. The number of imidazole rings is 1. The molecule has 6 nitrogen and oxygen atoms in total. The molecule has 7 heteroatoms. The van der Waals surface area contributed by atoms with Crippen molar-refractivity contribution in [1.82, 2.24) is 19.9 Å². The first kappa shape index (κ1) is 10.1. The number of nitrogens with zero attached hydrogens (tertiary/aromatic N) is 3. The van der Waals surface area contributed by atoms with Crippen molar-refractivity contribution in [3.8, 4) is 0 Å². The van der Waals surface area contributed by atoms with Crippen LogP contribution in [0.2, 0.25) is 0 Å². The Balaban J connectivity index is 2.44. The minimum atomic E-state index is 0.227. The second-order valence-corrected chi connectivity index (χ2v) is 4.00. The number of aromatic nitrogens is 4. The van der Waals surface area contributed by atoms with Gasteiger partial charge in [0.2, 0.25) is 5.95 Å². The van der Waals surface area contributed by atoms with Gasteiger partial charge in [0.25, 0.3) is 0 Å². The van der Waals surface area contributed by atoms with E-state index in [1.165, 1.54) is 0 Å². The number of hydrogen-bond donors (Lipinski definition) is 3. The molecular formula is C8H13N6P. The van der Waals surface area contributed by atoms with Gasteiger partial charge in [-0.25, -0.2) is 4.98 Å². The van der Waals surface area contributed by atoms with Crippen LogP contribution in [0, 0.1) is 0 Å². The molecule has 0 aliphatic heterocycles. The highest BCUT2D eigenvalue weighted by Crippen LogP contribution is 2.19. The average molecular weight is 224 g/mol. The van der Waals surface area contributed by atoms with Crippen molar-refractivity contribution < 1.29 is 0 Å². The van der Waals surface area contributed by atoms with E-state index in [-0.39, 0.29) is 11.7 Å². The maximum Gasteiger partial charge on any atom is 0.224 e. The third kappa shape index (κ3) is 1.99. The second-order valence-electron chi connectivity index (χ2n) is 3.19. The summed E-state index contributed by atoms with van der Waals surface area (Å²) in [5.41, 5.74) is 6.94. The largest absolute Gasteiger partial charge is 0.368 e. The Labute approximate surface area is 89.3 Å². The average Bonchev–Trinajstić information content (AvgIpc) is 2.65. The third-order valence-corrected chi connectivity index (χ3v) is 2.70. The van der Waals surface area contributed by atoms with E-state index in [4.69, 9.17) is 5.73 Å². The number of nitrogen functional groups attached to an aromatic ring is 1. The van der Waals surface area contributed by atoms with Crippen molar-refractivity contribution in [2.45, 2.75) is 19.1 Å². The maximum atomic E-state index is 5.58. The second kappa shape index (κ2) is 3.98. The van der Waals surface area contributed by atoms with E-state index in [1.54, 1.807) is 6.33 Å². The van der Waals surface area contributed by atoms with Crippen LogP contribution in [0.15, 0.2) is 6.33 Å². The molecule has 80 valence electrons. The van der Waals surface area contributed by atoms with Crippen molar-refractivity contribution in [2.75, 3.05) is 11.1 Å². The fraction of sp³-hybridized carbons (Fsp3) is 0.375. The van der Waals surface area contributed by atoms with Gasteiger partial charge in [-0.2, -0.15) is 9.97 Å². The lowest BCUT2D eigenvalue weighted by Gasteiger charge is -2.12. The number of anilines is 2. The molecule has 0 radical (unpaired) electrons. The number of rotatable bonds is 3. The predicted molar refractivity (Wildman–Crippen MR) is 63.5 cm³/mol. The van der Waals surface area contributed by atoms with Crippen LogP contribution in [0.25, 0.3) is 11.2 Å². The summed E-state index contributed by atoms with van der Waals surface area (Å²) in [4.78, 5) is 15.2. The molecule has 0 bridgehead atoms. The van der Waals surface area contributed by atoms with E-state index >= 15 is 0 Å². The van der Waals surface area contributed by atoms with Gasteiger partial charge in [0, 0.05) is 5.78 Å². The molecule has 2 rings (SSSR count). The molecule has 0 spiro atoms. The van der Waals surface area contributed by atoms with Crippen LogP contribution in [0.4, 0.5) is 11.8 Å². The van der Waals surface area contributed by atoms with Gasteiger partial charge in [-0.05, 0) is 6.42 Å². The van der Waals surface area contributed by atoms with Crippen LogP contribution in [-0.2, 0) is 0 Å². The molecule has 0 fully saturated rings. The molecule has 0 saturated heterocycles.